The molecule has 6 aromatic carbocycles. The average molecular weight is 604 g/mol. The maximum Gasteiger partial charge on any atom is 0.238 e. The molecule has 5 heteroatoms. The predicted octanol–water partition coefficient (Wildman–Crippen LogP) is 10.0. The Morgan fingerprint density at radius 3 is 1.72 bits per heavy atom. The monoisotopic (exact) mass is 603 g/mol. The molecule has 0 aliphatic carbocycles. The van der Waals surface area contributed by atoms with E-state index in [0.29, 0.717) is 17.6 Å². The van der Waals surface area contributed by atoms with Crippen LogP contribution in [0, 0.1) is 0 Å². The summed E-state index contributed by atoms with van der Waals surface area (Å²) in [4.78, 5) is 15.4. The van der Waals surface area contributed by atoms with Gasteiger partial charge < -0.3 is 4.57 Å². The zero-order valence-corrected chi connectivity index (χ0v) is 26.0. The highest BCUT2D eigenvalue weighted by atomic mass is 15.2. The molecule has 0 spiro atoms. The van der Waals surface area contributed by atoms with Gasteiger partial charge in [0.25, 0.3) is 0 Å². The lowest BCUT2D eigenvalue weighted by Crippen LogP contribution is -2.26. The van der Waals surface area contributed by atoms with Crippen molar-refractivity contribution in [2.45, 2.75) is 19.3 Å². The Morgan fingerprint density at radius 2 is 1.04 bits per heavy atom. The molecule has 47 heavy (non-hydrogen) atoms. The van der Waals surface area contributed by atoms with Gasteiger partial charge in [-0.15, -0.1) is 0 Å². The molecule has 0 N–H and O–H groups in total. The molecule has 0 radical (unpaired) electrons. The first-order valence-corrected chi connectivity index (χ1v) is 16.1. The van der Waals surface area contributed by atoms with E-state index in [1.54, 1.807) is 0 Å². The van der Waals surface area contributed by atoms with Crippen LogP contribution in [0.2, 0.25) is 0 Å². The van der Waals surface area contributed by atoms with Crippen molar-refractivity contribution in [3.8, 4) is 34.4 Å². The lowest BCUT2D eigenvalue weighted by Gasteiger charge is -2.35. The fourth-order valence-corrected chi connectivity index (χ4v) is 7.87. The molecule has 0 atom stereocenters. The van der Waals surface area contributed by atoms with E-state index in [0.717, 1.165) is 22.2 Å². The number of hydrogen-bond donors (Lipinski definition) is 0. The topological polar surface area (TPSA) is 48.5 Å². The van der Waals surface area contributed by atoms with Crippen LogP contribution in [0.3, 0.4) is 0 Å². The molecule has 0 amide bonds. The Bertz CT molecular complexity index is 2640. The summed E-state index contributed by atoms with van der Waals surface area (Å²) < 4.78 is 4.74. The molecule has 0 fully saturated rings. The molecule has 5 nitrogen and oxygen atoms in total. The van der Waals surface area contributed by atoms with Gasteiger partial charge in [0.2, 0.25) is 5.95 Å². The van der Waals surface area contributed by atoms with Crippen LogP contribution in [-0.2, 0) is 5.41 Å². The Balaban J connectivity index is 1.40. The lowest BCUT2D eigenvalue weighted by atomic mass is 9.73. The van der Waals surface area contributed by atoms with Crippen molar-refractivity contribution in [3.63, 3.8) is 0 Å². The van der Waals surface area contributed by atoms with E-state index < -0.39 is 0 Å². The Labute approximate surface area is 271 Å². The van der Waals surface area contributed by atoms with Crippen molar-refractivity contribution in [2.24, 2.45) is 0 Å². The van der Waals surface area contributed by atoms with Gasteiger partial charge >= 0.3 is 0 Å². The summed E-state index contributed by atoms with van der Waals surface area (Å²) in [7, 11) is 0. The first-order valence-electron chi connectivity index (χ1n) is 16.1. The van der Waals surface area contributed by atoms with E-state index in [1.807, 2.05) is 36.4 Å². The van der Waals surface area contributed by atoms with Gasteiger partial charge in [0.1, 0.15) is 0 Å². The quantitative estimate of drug-likeness (QED) is 0.202. The molecule has 0 saturated heterocycles. The minimum absolute atomic E-state index is 0.267. The minimum atomic E-state index is -0.267. The fourth-order valence-electron chi connectivity index (χ4n) is 7.87. The minimum Gasteiger partial charge on any atom is -0.309 e. The van der Waals surface area contributed by atoms with Gasteiger partial charge in [-0.25, -0.2) is 4.98 Å². The maximum atomic E-state index is 5.20. The summed E-state index contributed by atoms with van der Waals surface area (Å²) in [6.45, 7) is 4.74. The van der Waals surface area contributed by atoms with Gasteiger partial charge in [0, 0.05) is 38.1 Å². The van der Waals surface area contributed by atoms with Crippen LogP contribution in [0.5, 0.6) is 0 Å². The molecule has 0 unspecified atom stereocenters. The van der Waals surface area contributed by atoms with E-state index in [-0.39, 0.29) is 5.41 Å². The van der Waals surface area contributed by atoms with Crippen LogP contribution in [0.4, 0.5) is 0 Å². The first kappa shape index (κ1) is 26.2. The second kappa shape index (κ2) is 9.47. The smallest absolute Gasteiger partial charge is 0.238 e. The van der Waals surface area contributed by atoms with Crippen molar-refractivity contribution in [3.05, 3.63) is 151 Å². The van der Waals surface area contributed by atoms with Crippen molar-refractivity contribution in [1.82, 2.24) is 24.1 Å². The summed E-state index contributed by atoms with van der Waals surface area (Å²) >= 11 is 0. The number of fused-ring (bicyclic) bond motifs is 9. The maximum absolute atomic E-state index is 5.20. The zero-order valence-electron chi connectivity index (χ0n) is 26.0. The number of aromatic nitrogens is 5. The third-order valence-electron chi connectivity index (χ3n) is 9.92. The highest BCUT2D eigenvalue weighted by molar-refractivity contribution is 6.22. The van der Waals surface area contributed by atoms with Gasteiger partial charge in [-0.2, -0.15) is 9.97 Å². The summed E-state index contributed by atoms with van der Waals surface area (Å²) in [5, 5.41) is 4.89. The number of para-hydroxylation sites is 3. The number of hydrogen-bond acceptors (Lipinski definition) is 3. The molecule has 0 saturated carbocycles. The van der Waals surface area contributed by atoms with Crippen LogP contribution < -0.4 is 0 Å². The number of rotatable bonds is 3. The molecular formula is C42H29N5. The Hall–Kier alpha value is -6.07. The standard InChI is InChI=1S/C42H29N5/c1-42(2)31-21-11-14-24-34(31)46-32-22-12-9-19-28(32)30-25-35-36(37(42)38(30)46)29-20-10-13-23-33(29)47(35)41-44-39(26-15-5-3-6-16-26)43-40(45-41)27-17-7-4-8-18-27/h3-25H,1-2H3. The van der Waals surface area contributed by atoms with Crippen molar-refractivity contribution in [2.75, 3.05) is 0 Å². The van der Waals surface area contributed by atoms with Crippen LogP contribution in [0.1, 0.15) is 25.0 Å². The van der Waals surface area contributed by atoms with Crippen LogP contribution in [0.25, 0.3) is 78.0 Å². The SMILES string of the molecule is CC1(C)c2ccccc2-n2c3ccccc3c3cc4c(c1c32)c1ccccc1n4-c1nc(-c2ccccc2)nc(-c2ccccc2)n1. The van der Waals surface area contributed by atoms with Crippen LogP contribution >= 0.6 is 0 Å². The average Bonchev–Trinajstić information content (AvgIpc) is 3.63. The van der Waals surface area contributed by atoms with Crippen LogP contribution in [0.15, 0.2) is 140 Å². The van der Waals surface area contributed by atoms with E-state index in [2.05, 4.69) is 126 Å². The molecule has 1 aliphatic heterocycles. The number of benzene rings is 6. The molecule has 10 rings (SSSR count). The van der Waals surface area contributed by atoms with E-state index >= 15 is 0 Å². The van der Waals surface area contributed by atoms with Crippen molar-refractivity contribution in [1.29, 1.82) is 0 Å². The Morgan fingerprint density at radius 1 is 0.489 bits per heavy atom. The molecule has 4 heterocycles. The third kappa shape index (κ3) is 3.57. The summed E-state index contributed by atoms with van der Waals surface area (Å²) in [6, 6.07) is 49.1. The van der Waals surface area contributed by atoms with E-state index in [1.165, 1.54) is 49.4 Å². The second-order valence-electron chi connectivity index (χ2n) is 12.9. The van der Waals surface area contributed by atoms with Gasteiger partial charge in [-0.05, 0) is 35.4 Å². The zero-order chi connectivity index (χ0) is 31.3. The predicted molar refractivity (Wildman–Crippen MR) is 192 cm³/mol. The van der Waals surface area contributed by atoms with Crippen molar-refractivity contribution < 1.29 is 0 Å². The highest BCUT2D eigenvalue weighted by Crippen LogP contribution is 2.52. The summed E-state index contributed by atoms with van der Waals surface area (Å²) in [5.41, 5.74) is 10.2. The normalized spacial score (nSPS) is 13.5. The van der Waals surface area contributed by atoms with E-state index in [4.69, 9.17) is 15.0 Å². The summed E-state index contributed by atoms with van der Waals surface area (Å²) in [6.07, 6.45) is 0. The molecule has 1 aliphatic rings. The highest BCUT2D eigenvalue weighted by Gasteiger charge is 2.38. The first-order chi connectivity index (χ1) is 23.1. The molecular weight excluding hydrogens is 574 g/mol. The molecule has 3 aromatic heterocycles. The van der Waals surface area contributed by atoms with Crippen molar-refractivity contribution >= 4 is 43.6 Å². The third-order valence-corrected chi connectivity index (χ3v) is 9.92. The van der Waals surface area contributed by atoms with Gasteiger partial charge in [-0.1, -0.05) is 129 Å². The fraction of sp³-hybridized carbons (Fsp3) is 0.0714. The van der Waals surface area contributed by atoms with Crippen LogP contribution in [-0.4, -0.2) is 24.1 Å². The Kier molecular flexibility index (Phi) is 5.28. The summed E-state index contributed by atoms with van der Waals surface area (Å²) in [5.74, 6) is 1.90. The largest absolute Gasteiger partial charge is 0.309 e. The lowest BCUT2D eigenvalue weighted by molar-refractivity contribution is 0.636. The molecule has 9 aromatic rings. The van der Waals surface area contributed by atoms with Gasteiger partial charge in [-0.3, -0.25) is 4.57 Å². The molecule has 0 bridgehead atoms. The number of nitrogens with zero attached hydrogens (tertiary/aromatic N) is 5. The van der Waals surface area contributed by atoms with Gasteiger partial charge in [0.15, 0.2) is 11.6 Å². The van der Waals surface area contributed by atoms with E-state index in [9.17, 15) is 0 Å². The van der Waals surface area contributed by atoms with Gasteiger partial charge in [0.05, 0.1) is 27.8 Å². The molecule has 222 valence electrons. The second-order valence-corrected chi connectivity index (χ2v) is 12.9.